The predicted molar refractivity (Wildman–Crippen MR) is 84.6 cm³/mol. The number of amides is 2. The molecule has 0 aliphatic rings. The van der Waals surface area contributed by atoms with Crippen LogP contribution in [0.2, 0.25) is 0 Å². The number of nitrogens with one attached hydrogen (secondary N) is 1. The first-order chi connectivity index (χ1) is 10.8. The van der Waals surface area contributed by atoms with Crippen molar-refractivity contribution in [2.24, 2.45) is 11.5 Å². The molecule has 23 heavy (non-hydrogen) atoms. The Kier molecular flexibility index (Phi) is 7.23. The lowest BCUT2D eigenvalue weighted by Crippen LogP contribution is -2.50. The van der Waals surface area contributed by atoms with Crippen molar-refractivity contribution >= 4 is 34.7 Å². The Morgan fingerprint density at radius 2 is 1.78 bits per heavy atom. The second kappa shape index (κ2) is 8.91. The molecule has 0 saturated heterocycles. The van der Waals surface area contributed by atoms with Gasteiger partial charge in [0, 0.05) is 11.3 Å². The predicted octanol–water partition coefficient (Wildman–Crippen LogP) is -0.668. The van der Waals surface area contributed by atoms with Gasteiger partial charge in [-0.1, -0.05) is 42.1 Å². The number of hydrogen-bond donors (Lipinski definition) is 4. The fourth-order valence-electron chi connectivity index (χ4n) is 1.58. The summed E-state index contributed by atoms with van der Waals surface area (Å²) in [6, 6.07) is 5.80. The molecule has 0 bridgehead atoms. The van der Waals surface area contributed by atoms with Gasteiger partial charge in [-0.3, -0.25) is 14.4 Å². The number of thioether (sulfide) groups is 1. The number of nitrogens with two attached hydrogens (primary N) is 2. The summed E-state index contributed by atoms with van der Waals surface area (Å²) in [5.74, 6) is -3.06. The van der Waals surface area contributed by atoms with Gasteiger partial charge in [-0.2, -0.15) is 0 Å². The van der Waals surface area contributed by atoms with Crippen LogP contribution in [0, 0.1) is 0 Å². The average molecular weight is 339 g/mol. The Hall–Kier alpha value is -2.39. The molecular formula is C14H17N3O5S. The first-order valence-corrected chi connectivity index (χ1v) is 7.59. The molecule has 0 unspecified atom stereocenters. The van der Waals surface area contributed by atoms with Gasteiger partial charge in [0.15, 0.2) is 0 Å². The molecule has 0 aliphatic carbocycles. The van der Waals surface area contributed by atoms with Gasteiger partial charge in [0.25, 0.3) is 0 Å². The molecule has 0 heterocycles. The van der Waals surface area contributed by atoms with Crippen molar-refractivity contribution in [3.05, 3.63) is 35.9 Å². The van der Waals surface area contributed by atoms with E-state index in [0.29, 0.717) is 5.56 Å². The summed E-state index contributed by atoms with van der Waals surface area (Å²) in [7, 11) is 0. The Bertz CT molecular complexity index is 593. The second-order valence-corrected chi connectivity index (χ2v) is 5.63. The van der Waals surface area contributed by atoms with Gasteiger partial charge in [0.1, 0.15) is 6.04 Å². The minimum Gasteiger partial charge on any atom is -0.480 e. The van der Waals surface area contributed by atoms with Crippen LogP contribution in [0.5, 0.6) is 0 Å². The molecule has 8 nitrogen and oxygen atoms in total. The number of carbonyl (C=O) groups is 4. The standard InChI is InChI=1S/C14H17N3O5S/c15-9(6-11(16)18)12(19)17-10(13(20)21)7-23-14(22)8-4-2-1-3-5-8/h1-5,9-10H,6-7,15H2,(H2,16,18)(H,17,19)(H,20,21)/t9-,10-/m0/s1. The molecule has 124 valence electrons. The quantitative estimate of drug-likeness (QED) is 0.490. The van der Waals surface area contributed by atoms with Crippen LogP contribution in [0.3, 0.4) is 0 Å². The van der Waals surface area contributed by atoms with E-state index in [1.54, 1.807) is 30.3 Å². The van der Waals surface area contributed by atoms with Crippen LogP contribution in [-0.2, 0) is 14.4 Å². The fourth-order valence-corrected chi connectivity index (χ4v) is 2.43. The average Bonchev–Trinajstić information content (AvgIpc) is 2.50. The van der Waals surface area contributed by atoms with Crippen molar-refractivity contribution < 1.29 is 24.3 Å². The number of aliphatic carboxylic acids is 1. The normalized spacial score (nSPS) is 12.9. The molecule has 0 saturated carbocycles. The van der Waals surface area contributed by atoms with Crippen molar-refractivity contribution in [1.29, 1.82) is 0 Å². The van der Waals surface area contributed by atoms with Gasteiger partial charge in [-0.05, 0) is 0 Å². The molecule has 9 heteroatoms. The maximum absolute atomic E-state index is 11.9. The lowest BCUT2D eigenvalue weighted by atomic mass is 10.2. The molecule has 2 amide bonds. The molecule has 1 aromatic rings. The fraction of sp³-hybridized carbons (Fsp3) is 0.286. The van der Waals surface area contributed by atoms with E-state index < -0.39 is 36.3 Å². The molecule has 0 aromatic heterocycles. The third kappa shape index (κ3) is 6.49. The molecule has 0 fully saturated rings. The van der Waals surface area contributed by atoms with E-state index >= 15 is 0 Å². The molecule has 6 N–H and O–H groups in total. The summed E-state index contributed by atoms with van der Waals surface area (Å²) in [6.45, 7) is 0. The van der Waals surface area contributed by atoms with Gasteiger partial charge >= 0.3 is 5.97 Å². The Balaban J connectivity index is 2.59. The van der Waals surface area contributed by atoms with Crippen LogP contribution >= 0.6 is 11.8 Å². The zero-order valence-electron chi connectivity index (χ0n) is 12.1. The number of carboxylic acid groups (broad SMARTS) is 1. The lowest BCUT2D eigenvalue weighted by molar-refractivity contribution is -0.141. The number of hydrogen-bond acceptors (Lipinski definition) is 6. The summed E-state index contributed by atoms with van der Waals surface area (Å²) in [4.78, 5) is 45.5. The highest BCUT2D eigenvalue weighted by Gasteiger charge is 2.25. The minimum absolute atomic E-state index is 0.169. The van der Waals surface area contributed by atoms with Gasteiger partial charge in [0.05, 0.1) is 12.5 Å². The minimum atomic E-state index is -1.31. The molecule has 0 spiro atoms. The van der Waals surface area contributed by atoms with Crippen molar-refractivity contribution in [2.75, 3.05) is 5.75 Å². The number of rotatable bonds is 8. The Labute approximate surface area is 136 Å². The molecular weight excluding hydrogens is 322 g/mol. The van der Waals surface area contributed by atoms with Crippen molar-refractivity contribution in [2.45, 2.75) is 18.5 Å². The maximum atomic E-state index is 11.9. The number of benzene rings is 1. The van der Waals surface area contributed by atoms with Crippen molar-refractivity contribution in [1.82, 2.24) is 5.32 Å². The monoisotopic (exact) mass is 339 g/mol. The van der Waals surface area contributed by atoms with E-state index in [4.69, 9.17) is 16.6 Å². The summed E-state index contributed by atoms with van der Waals surface area (Å²) in [5, 5.41) is 11.0. The van der Waals surface area contributed by atoms with E-state index in [0.717, 1.165) is 11.8 Å². The smallest absolute Gasteiger partial charge is 0.327 e. The first-order valence-electron chi connectivity index (χ1n) is 6.60. The molecule has 1 rings (SSSR count). The number of carbonyl (C=O) groups excluding carboxylic acids is 3. The summed E-state index contributed by atoms with van der Waals surface area (Å²) in [5.41, 5.74) is 10.8. The number of carboxylic acids is 1. The molecule has 0 radical (unpaired) electrons. The maximum Gasteiger partial charge on any atom is 0.327 e. The zero-order chi connectivity index (χ0) is 17.4. The summed E-state index contributed by atoms with van der Waals surface area (Å²) < 4.78 is 0. The van der Waals surface area contributed by atoms with E-state index in [9.17, 15) is 19.2 Å². The first kappa shape index (κ1) is 18.7. The van der Waals surface area contributed by atoms with Crippen molar-refractivity contribution in [3.8, 4) is 0 Å². The third-order valence-corrected chi connectivity index (χ3v) is 3.76. The van der Waals surface area contributed by atoms with Crippen LogP contribution in [0.15, 0.2) is 30.3 Å². The van der Waals surface area contributed by atoms with Crippen molar-refractivity contribution in [3.63, 3.8) is 0 Å². The summed E-state index contributed by atoms with van der Waals surface area (Å²) in [6.07, 6.45) is -0.395. The van der Waals surface area contributed by atoms with Crippen LogP contribution < -0.4 is 16.8 Å². The van der Waals surface area contributed by atoms with E-state index in [2.05, 4.69) is 5.32 Å². The van der Waals surface area contributed by atoms with E-state index in [1.165, 1.54) is 0 Å². The highest BCUT2D eigenvalue weighted by Crippen LogP contribution is 2.13. The SMILES string of the molecule is NC(=O)C[C@H](N)C(=O)N[C@@H](CSC(=O)c1ccccc1)C(=O)O. The zero-order valence-corrected chi connectivity index (χ0v) is 12.9. The Morgan fingerprint density at radius 1 is 1.17 bits per heavy atom. The summed E-state index contributed by atoms with van der Waals surface area (Å²) >= 11 is 0.767. The molecule has 1 aromatic carbocycles. The Morgan fingerprint density at radius 3 is 2.30 bits per heavy atom. The van der Waals surface area contributed by atoms with Crippen LogP contribution in [-0.4, -0.2) is 45.8 Å². The largest absolute Gasteiger partial charge is 0.480 e. The number of primary amides is 1. The van der Waals surface area contributed by atoms with Gasteiger partial charge < -0.3 is 21.9 Å². The topological polar surface area (TPSA) is 153 Å². The van der Waals surface area contributed by atoms with E-state index in [1.807, 2.05) is 0 Å². The van der Waals surface area contributed by atoms with E-state index in [-0.39, 0.29) is 10.9 Å². The molecule has 2 atom stereocenters. The highest BCUT2D eigenvalue weighted by molar-refractivity contribution is 8.14. The molecule has 0 aliphatic heterocycles. The van der Waals surface area contributed by atoms with Crippen LogP contribution in [0.1, 0.15) is 16.8 Å². The van der Waals surface area contributed by atoms with Gasteiger partial charge in [-0.15, -0.1) is 0 Å². The van der Waals surface area contributed by atoms with Gasteiger partial charge in [0.2, 0.25) is 16.9 Å². The lowest BCUT2D eigenvalue weighted by Gasteiger charge is -2.16. The third-order valence-electron chi connectivity index (χ3n) is 2.76. The second-order valence-electron chi connectivity index (χ2n) is 4.64. The van der Waals surface area contributed by atoms with Gasteiger partial charge in [-0.25, -0.2) is 4.79 Å². The van der Waals surface area contributed by atoms with Crippen LogP contribution in [0.25, 0.3) is 0 Å². The highest BCUT2D eigenvalue weighted by atomic mass is 32.2. The van der Waals surface area contributed by atoms with Crippen LogP contribution in [0.4, 0.5) is 0 Å².